The fourth-order valence-electron chi connectivity index (χ4n) is 2.60. The number of rotatable bonds is 3. The normalized spacial score (nSPS) is 23.1. The summed E-state index contributed by atoms with van der Waals surface area (Å²) in [7, 11) is 0. The molecule has 1 fully saturated rings. The Kier molecular flexibility index (Phi) is 4.97. The van der Waals surface area contributed by atoms with E-state index in [4.69, 9.17) is 0 Å². The van der Waals surface area contributed by atoms with Crippen LogP contribution >= 0.6 is 11.3 Å². The molecule has 0 aliphatic heterocycles. The van der Waals surface area contributed by atoms with Crippen LogP contribution in [0.3, 0.4) is 0 Å². The second kappa shape index (κ2) is 6.71. The van der Waals surface area contributed by atoms with Crippen LogP contribution in [0.1, 0.15) is 42.4 Å². The van der Waals surface area contributed by atoms with E-state index in [0.29, 0.717) is 5.92 Å². The van der Waals surface area contributed by atoms with Gasteiger partial charge in [-0.2, -0.15) is 5.26 Å². The lowest BCUT2D eigenvalue weighted by Crippen LogP contribution is -2.41. The summed E-state index contributed by atoms with van der Waals surface area (Å²) >= 11 is 1.59. The van der Waals surface area contributed by atoms with Crippen molar-refractivity contribution in [2.45, 2.75) is 45.6 Å². The first-order chi connectivity index (χ1) is 9.60. The summed E-state index contributed by atoms with van der Waals surface area (Å²) in [6.07, 6.45) is 6.25. The molecule has 0 bridgehead atoms. The topological polar surface area (TPSA) is 52.9 Å². The van der Waals surface area contributed by atoms with E-state index in [1.807, 2.05) is 25.1 Å². The zero-order chi connectivity index (χ0) is 14.5. The van der Waals surface area contributed by atoms with E-state index in [1.54, 1.807) is 17.4 Å². The van der Waals surface area contributed by atoms with Gasteiger partial charge in [-0.15, -0.1) is 11.3 Å². The molecule has 2 rings (SSSR count). The van der Waals surface area contributed by atoms with Crippen molar-refractivity contribution in [1.82, 2.24) is 5.32 Å². The third-order valence-corrected chi connectivity index (χ3v) is 4.79. The number of amides is 1. The summed E-state index contributed by atoms with van der Waals surface area (Å²) in [5, 5.41) is 12.2. The third kappa shape index (κ3) is 3.71. The third-order valence-electron chi connectivity index (χ3n) is 3.84. The molecular formula is C16H20N2OS. The largest absolute Gasteiger partial charge is 0.348 e. The Bertz CT molecular complexity index is 553. The van der Waals surface area contributed by atoms with Gasteiger partial charge in [0, 0.05) is 15.8 Å². The number of nitriles is 1. The van der Waals surface area contributed by atoms with Gasteiger partial charge in [0.1, 0.15) is 11.6 Å². The van der Waals surface area contributed by atoms with Crippen molar-refractivity contribution in [3.63, 3.8) is 0 Å². The Balaban J connectivity index is 2.06. The van der Waals surface area contributed by atoms with Crippen molar-refractivity contribution >= 4 is 23.3 Å². The smallest absolute Gasteiger partial charge is 0.262 e. The van der Waals surface area contributed by atoms with Crippen LogP contribution in [0.25, 0.3) is 6.08 Å². The van der Waals surface area contributed by atoms with Gasteiger partial charge in [0.15, 0.2) is 0 Å². The molecule has 0 saturated heterocycles. The molecule has 1 N–H and O–H groups in total. The van der Waals surface area contributed by atoms with E-state index < -0.39 is 0 Å². The number of hydrogen-bond donors (Lipinski definition) is 1. The number of nitrogens with one attached hydrogen (secondary N) is 1. The molecule has 1 aliphatic carbocycles. The first-order valence-corrected chi connectivity index (χ1v) is 7.91. The molecule has 1 amide bonds. The van der Waals surface area contributed by atoms with Gasteiger partial charge in [-0.1, -0.05) is 19.8 Å². The number of aryl methyl sites for hydroxylation is 1. The second-order valence-electron chi connectivity index (χ2n) is 5.46. The fraction of sp³-hybridized carbons (Fsp3) is 0.500. The fourth-order valence-corrected chi connectivity index (χ4v) is 3.42. The maximum Gasteiger partial charge on any atom is 0.262 e. The monoisotopic (exact) mass is 288 g/mol. The average Bonchev–Trinajstić information content (AvgIpc) is 2.84. The predicted molar refractivity (Wildman–Crippen MR) is 82.2 cm³/mol. The summed E-state index contributed by atoms with van der Waals surface area (Å²) in [6, 6.07) is 6.16. The summed E-state index contributed by atoms with van der Waals surface area (Å²) in [4.78, 5) is 14.3. The summed E-state index contributed by atoms with van der Waals surface area (Å²) in [5.41, 5.74) is 0.199. The highest BCUT2D eigenvalue weighted by Crippen LogP contribution is 2.24. The molecule has 2 atom stereocenters. The zero-order valence-corrected chi connectivity index (χ0v) is 12.8. The standard InChI is InChI=1S/C16H20N2OS/c1-11-5-3-4-6-15(11)18-16(19)13(10-17)9-14-8-7-12(2)20-14/h7-9,11,15H,3-6H2,1-2H3,(H,18,19). The van der Waals surface area contributed by atoms with Crippen molar-refractivity contribution < 1.29 is 4.79 Å². The van der Waals surface area contributed by atoms with Gasteiger partial charge in [-0.25, -0.2) is 0 Å². The van der Waals surface area contributed by atoms with Crippen LogP contribution in [-0.4, -0.2) is 11.9 Å². The highest BCUT2D eigenvalue weighted by Gasteiger charge is 2.24. The Morgan fingerprint density at radius 3 is 2.80 bits per heavy atom. The van der Waals surface area contributed by atoms with Crippen LogP contribution in [0, 0.1) is 24.2 Å². The lowest BCUT2D eigenvalue weighted by Gasteiger charge is -2.29. The van der Waals surface area contributed by atoms with Crippen molar-refractivity contribution in [2.75, 3.05) is 0 Å². The number of hydrogen-bond acceptors (Lipinski definition) is 3. The maximum atomic E-state index is 12.2. The summed E-state index contributed by atoms with van der Waals surface area (Å²) < 4.78 is 0. The van der Waals surface area contributed by atoms with Crippen LogP contribution in [0.5, 0.6) is 0 Å². The molecule has 1 heterocycles. The molecular weight excluding hydrogens is 268 g/mol. The molecule has 2 unspecified atom stereocenters. The van der Waals surface area contributed by atoms with Gasteiger partial charge in [0.25, 0.3) is 5.91 Å². The summed E-state index contributed by atoms with van der Waals surface area (Å²) in [5.74, 6) is 0.258. The Morgan fingerprint density at radius 2 is 2.20 bits per heavy atom. The van der Waals surface area contributed by atoms with Gasteiger partial charge in [0.05, 0.1) is 0 Å². The SMILES string of the molecule is Cc1ccc(C=C(C#N)C(=O)NC2CCCCC2C)s1. The van der Waals surface area contributed by atoms with Crippen molar-refractivity contribution in [3.8, 4) is 6.07 Å². The van der Waals surface area contributed by atoms with Gasteiger partial charge in [-0.3, -0.25) is 4.79 Å². The lowest BCUT2D eigenvalue weighted by atomic mass is 9.86. The van der Waals surface area contributed by atoms with E-state index in [9.17, 15) is 10.1 Å². The minimum atomic E-state index is -0.239. The molecule has 0 radical (unpaired) electrons. The number of thiophene rings is 1. The lowest BCUT2D eigenvalue weighted by molar-refractivity contribution is -0.118. The first kappa shape index (κ1) is 14.8. The number of carbonyl (C=O) groups excluding carboxylic acids is 1. The Hall–Kier alpha value is -1.60. The van der Waals surface area contributed by atoms with Crippen molar-refractivity contribution in [1.29, 1.82) is 5.26 Å². The molecule has 106 valence electrons. The molecule has 4 heteroatoms. The highest BCUT2D eigenvalue weighted by molar-refractivity contribution is 7.12. The molecule has 0 spiro atoms. The quantitative estimate of drug-likeness (QED) is 0.681. The van der Waals surface area contributed by atoms with Gasteiger partial charge in [0.2, 0.25) is 0 Å². The van der Waals surface area contributed by atoms with E-state index in [1.165, 1.54) is 11.3 Å². The minimum absolute atomic E-state index is 0.199. The highest BCUT2D eigenvalue weighted by atomic mass is 32.1. The Labute approximate surface area is 124 Å². The minimum Gasteiger partial charge on any atom is -0.348 e. The van der Waals surface area contributed by atoms with Crippen molar-refractivity contribution in [3.05, 3.63) is 27.5 Å². The van der Waals surface area contributed by atoms with Gasteiger partial charge >= 0.3 is 0 Å². The van der Waals surface area contributed by atoms with Gasteiger partial charge < -0.3 is 5.32 Å². The maximum absolute atomic E-state index is 12.2. The van der Waals surface area contributed by atoms with Crippen molar-refractivity contribution in [2.24, 2.45) is 5.92 Å². The Morgan fingerprint density at radius 1 is 1.45 bits per heavy atom. The van der Waals surface area contributed by atoms with E-state index in [-0.39, 0.29) is 17.5 Å². The summed E-state index contributed by atoms with van der Waals surface area (Å²) in [6.45, 7) is 4.18. The predicted octanol–water partition coefficient (Wildman–Crippen LogP) is 3.66. The van der Waals surface area contributed by atoms with E-state index in [0.717, 1.165) is 24.1 Å². The zero-order valence-electron chi connectivity index (χ0n) is 12.0. The number of carbonyl (C=O) groups is 1. The molecule has 3 nitrogen and oxygen atoms in total. The molecule has 1 aromatic heterocycles. The molecule has 1 aliphatic rings. The molecule has 20 heavy (non-hydrogen) atoms. The van der Waals surface area contributed by atoms with Gasteiger partial charge in [-0.05, 0) is 43.9 Å². The second-order valence-corrected chi connectivity index (χ2v) is 6.78. The van der Waals surface area contributed by atoms with Crippen LogP contribution in [0.15, 0.2) is 17.7 Å². The van der Waals surface area contributed by atoms with Crippen LogP contribution in [-0.2, 0) is 4.79 Å². The van der Waals surface area contributed by atoms with Crippen LogP contribution < -0.4 is 5.32 Å². The average molecular weight is 288 g/mol. The first-order valence-electron chi connectivity index (χ1n) is 7.09. The van der Waals surface area contributed by atoms with E-state index >= 15 is 0 Å². The van der Waals surface area contributed by atoms with Crippen LogP contribution in [0.2, 0.25) is 0 Å². The molecule has 1 aromatic rings. The molecule has 0 aromatic carbocycles. The number of nitrogens with zero attached hydrogens (tertiary/aromatic N) is 1. The molecule has 1 saturated carbocycles. The van der Waals surface area contributed by atoms with E-state index in [2.05, 4.69) is 12.2 Å². The van der Waals surface area contributed by atoms with Crippen LogP contribution in [0.4, 0.5) is 0 Å².